The molecule has 0 aliphatic rings. The molecule has 0 unspecified atom stereocenters. The molecule has 4 aromatic heterocycles. The quantitative estimate of drug-likeness (QED) is 0.0486. The van der Waals surface area contributed by atoms with Gasteiger partial charge in [-0.05, 0) is 82.2 Å². The molecule has 0 bridgehead atoms. The van der Waals surface area contributed by atoms with Crippen molar-refractivity contribution in [3.05, 3.63) is 237 Å². The maximum Gasteiger partial charge on any atom is 0.0267 e. The monoisotopic (exact) mass is 1390 g/mol. The fourth-order valence-corrected chi connectivity index (χ4v) is 8.40. The summed E-state index contributed by atoms with van der Waals surface area (Å²) in [6.07, 6.45) is 11.8. The molecular formula is C52H41AgClN8O12Pd2S2-2. The number of aromatic nitrogens is 4. The Morgan fingerprint density at radius 3 is 1.10 bits per heavy atom. The van der Waals surface area contributed by atoms with Crippen LogP contribution < -0.4 is 0 Å². The van der Waals surface area contributed by atoms with Gasteiger partial charge in [0.2, 0.25) is 0 Å². The van der Waals surface area contributed by atoms with Crippen LogP contribution in [0.25, 0.3) is 52.8 Å². The third-order valence-electron chi connectivity index (χ3n) is 9.45. The Balaban J connectivity index is 0.000000378. The van der Waals surface area contributed by atoms with E-state index in [2.05, 4.69) is 57.1 Å². The van der Waals surface area contributed by atoms with Crippen LogP contribution in [0.3, 0.4) is 0 Å². The molecule has 0 atom stereocenters. The summed E-state index contributed by atoms with van der Waals surface area (Å²) < 4.78 is 66.8. The molecule has 0 aliphatic heterocycles. The number of halogens is 1. The van der Waals surface area contributed by atoms with Crippen molar-refractivity contribution in [3.63, 3.8) is 0 Å². The van der Waals surface area contributed by atoms with Crippen molar-refractivity contribution < 1.29 is 104 Å². The van der Waals surface area contributed by atoms with Crippen molar-refractivity contribution in [3.8, 4) is 0 Å². The first-order valence-corrected chi connectivity index (χ1v) is 27.0. The number of aliphatic carboxylic acids is 1. The molecule has 78 heavy (non-hydrogen) atoms. The Kier molecular flexibility index (Phi) is 30.0. The second-order valence-corrected chi connectivity index (χ2v) is 17.6. The number of nitro benzene ring substituents is 2. The number of sulfonamides is 2. The zero-order chi connectivity index (χ0) is 56.8. The van der Waals surface area contributed by atoms with Crippen molar-refractivity contribution in [2.45, 2.75) is 23.6 Å². The van der Waals surface area contributed by atoms with Gasteiger partial charge in [-0.15, -0.1) is 11.4 Å². The first-order valence-electron chi connectivity index (χ1n) is 21.5. The van der Waals surface area contributed by atoms with Crippen LogP contribution in [0, 0.1) is 20.2 Å². The number of carbonyl (C=O) groups excluding carboxylic acids is 1. The number of hydrogen-bond acceptors (Lipinski definition) is 15. The Labute approximate surface area is 488 Å². The van der Waals surface area contributed by atoms with E-state index < -0.39 is 35.9 Å². The van der Waals surface area contributed by atoms with Crippen LogP contribution in [0.15, 0.2) is 217 Å². The van der Waals surface area contributed by atoms with Gasteiger partial charge in [0, 0.05) is 99.6 Å². The average molecular weight is 1390 g/mol. The van der Waals surface area contributed by atoms with E-state index in [1.165, 1.54) is 37.5 Å². The van der Waals surface area contributed by atoms with Crippen molar-refractivity contribution in [2.75, 3.05) is 0 Å². The van der Waals surface area contributed by atoms with Crippen LogP contribution in [-0.4, -0.2) is 64.0 Å². The summed E-state index contributed by atoms with van der Waals surface area (Å²) in [4.78, 5) is 54.1. The largest absolute Gasteiger partial charge is 0.265 e. The molecule has 0 saturated heterocycles. The van der Waals surface area contributed by atoms with Crippen LogP contribution in [0.1, 0.15) is 13.8 Å². The Bertz CT molecular complexity index is 3450. The molecule has 6 aromatic carbocycles. The summed E-state index contributed by atoms with van der Waals surface area (Å²) in [7, 11) is -3.59. The van der Waals surface area contributed by atoms with Gasteiger partial charge in [0.15, 0.2) is 0 Å². The predicted octanol–water partition coefficient (Wildman–Crippen LogP) is 12.3. The number of pyridine rings is 4. The molecule has 10 aromatic rings. The Morgan fingerprint density at radius 2 is 0.833 bits per heavy atom. The number of carboxylic acids is 1. The molecule has 10 rings (SSSR count). The zero-order valence-corrected chi connectivity index (χ0v) is 47.3. The van der Waals surface area contributed by atoms with Gasteiger partial charge in [-0.3, -0.25) is 51.2 Å². The molecular weight excluding hydrogens is 1350 g/mol. The van der Waals surface area contributed by atoms with Crippen LogP contribution in [0.4, 0.5) is 22.7 Å². The van der Waals surface area contributed by atoms with Gasteiger partial charge in [0.05, 0.1) is 30.7 Å². The number of fused-ring (bicyclic) bond motifs is 6. The van der Waals surface area contributed by atoms with Crippen molar-refractivity contribution in [2.24, 2.45) is 0 Å². The van der Waals surface area contributed by atoms with Gasteiger partial charge in [0.25, 0.3) is 17.3 Å². The molecule has 1 N–H and O–H groups in total. The summed E-state index contributed by atoms with van der Waals surface area (Å²) in [5.74, 6) is -0.833. The van der Waals surface area contributed by atoms with Gasteiger partial charge in [-0.25, -0.2) is 16.8 Å². The van der Waals surface area contributed by atoms with E-state index in [0.29, 0.717) is 21.8 Å². The topological polar surface area (TPSA) is 306 Å². The molecule has 0 saturated carbocycles. The number of benzene rings is 6. The van der Waals surface area contributed by atoms with Crippen molar-refractivity contribution in [1.82, 2.24) is 19.9 Å². The van der Waals surface area contributed by atoms with Crippen LogP contribution in [0.2, 0.25) is 0 Å². The maximum absolute atomic E-state index is 12.7. The molecule has 0 aliphatic carbocycles. The van der Waals surface area contributed by atoms with Gasteiger partial charge in [0.1, 0.15) is 20.0 Å². The third-order valence-corrected chi connectivity index (χ3v) is 12.1. The van der Waals surface area contributed by atoms with E-state index in [0.717, 1.165) is 52.7 Å². The smallest absolute Gasteiger partial charge is 0.0267 e. The molecule has 4 heterocycles. The van der Waals surface area contributed by atoms with E-state index in [1.807, 2.05) is 97.1 Å². The molecule has 0 amide bonds. The van der Waals surface area contributed by atoms with E-state index in [-0.39, 0.29) is 53.0 Å². The van der Waals surface area contributed by atoms with Gasteiger partial charge < -0.3 is 19.3 Å². The summed E-state index contributed by atoms with van der Waals surface area (Å²) in [5, 5.41) is 33.6. The average Bonchev–Trinajstić information content (AvgIpc) is 3.45. The summed E-state index contributed by atoms with van der Waals surface area (Å²) in [6, 6.07) is 46.1. The Hall–Kier alpha value is -7.45. The number of nitro groups is 2. The molecule has 0 spiro atoms. The number of carboxylic acid groups (broad SMARTS) is 1. The normalized spacial score (nSPS) is 9.88. The minimum absolute atomic E-state index is 0. The molecule has 20 nitrogen and oxygen atoms in total. The summed E-state index contributed by atoms with van der Waals surface area (Å²) >= 11 is 3.92. The second-order valence-electron chi connectivity index (χ2n) is 14.4. The fraction of sp³-hybridized carbons (Fsp3) is 0.0385. The van der Waals surface area contributed by atoms with Crippen LogP contribution in [0.5, 0.6) is 0 Å². The van der Waals surface area contributed by atoms with Gasteiger partial charge in [-0.1, -0.05) is 84.9 Å². The zero-order valence-electron chi connectivity index (χ0n) is 40.3. The number of rotatable bonds is 8. The molecule has 413 valence electrons. The second kappa shape index (κ2) is 35.1. The minimum Gasteiger partial charge on any atom is -0.265 e. The summed E-state index contributed by atoms with van der Waals surface area (Å²) in [5.41, 5.74) is 1.50. The van der Waals surface area contributed by atoms with E-state index in [4.69, 9.17) is 17.9 Å². The SMILES string of the molecule is CC(=O)O.C[C-]=O.O=[N+]([O-])c1ccc(S(=O)(=O)[N-]c2cccc3ccc4cccnc4c23)cc1.O=[N+]([O-])c1ccc(S(=O)(=O)[N-]c2cccc3ccc4cccnc4c23)cc1.[Cl][Pd+].[O]=[Ag].[Pd].c1ccncc1.c1ccncc1. The standard InChI is InChI=1S/2C19H12N3O4S.2C5H5N.C2H4O2.C2H3O.Ag.ClH.O.2Pd/c2*23-22(24)15-8-10-16(11-9-15)27(25,26)21-17-5-1-3-13-6-7-14-4-2-12-20-19(14)18(13)17;2*1-2-4-6-5-3-1;1-2(3)4;1-2-3;;;;;/h2*1-12H;2*1-5H;1H3,(H,3,4);1H3;;1H;;;/q2*-1;;;;-1;;;;;+2/p-1. The first kappa shape index (κ1) is 66.7. The molecule has 0 fully saturated rings. The Morgan fingerprint density at radius 1 is 0.538 bits per heavy atom. The van der Waals surface area contributed by atoms with E-state index >= 15 is 0 Å². The summed E-state index contributed by atoms with van der Waals surface area (Å²) in [6.45, 7) is 2.40. The van der Waals surface area contributed by atoms with Gasteiger partial charge in [-0.2, -0.15) is 6.92 Å². The van der Waals surface area contributed by atoms with Crippen molar-refractivity contribution in [1.29, 1.82) is 0 Å². The number of nitrogens with zero attached hydrogens (tertiary/aromatic N) is 8. The molecule has 26 heteroatoms. The maximum atomic E-state index is 12.7. The van der Waals surface area contributed by atoms with E-state index in [9.17, 15) is 37.1 Å². The predicted molar refractivity (Wildman–Crippen MR) is 285 cm³/mol. The molecule has 0 radical (unpaired) electrons. The van der Waals surface area contributed by atoms with Gasteiger partial charge >= 0.3 is 52.0 Å². The van der Waals surface area contributed by atoms with E-state index in [1.54, 1.807) is 82.5 Å². The minimum atomic E-state index is -4.04. The number of hydrogen-bond donors (Lipinski definition) is 1. The third kappa shape index (κ3) is 20.8. The van der Waals surface area contributed by atoms with Crippen LogP contribution >= 0.6 is 9.53 Å². The first-order chi connectivity index (χ1) is 37.1. The van der Waals surface area contributed by atoms with Crippen LogP contribution in [-0.2, 0) is 92.5 Å². The number of carbonyl (C=O) groups is 1. The van der Waals surface area contributed by atoms with Crippen molar-refractivity contribution >= 4 is 108 Å². The fourth-order valence-electron chi connectivity index (χ4n) is 6.41. The number of non-ortho nitro benzene ring substituents is 2.